The monoisotopic (exact) mass is 317 g/mol. The number of likely N-dealkylation sites (N-methyl/N-ethyl adjacent to an activating group) is 1. The van der Waals surface area contributed by atoms with E-state index < -0.39 is 10.0 Å². The SMILES string of the molecule is CNCc1sc(S(=O)(=O)NCC2CCCN2C)cc1C. The van der Waals surface area contributed by atoms with Crippen molar-refractivity contribution in [3.8, 4) is 0 Å². The molecule has 0 bridgehead atoms. The second-order valence-electron chi connectivity index (χ2n) is 5.33. The molecular weight excluding hydrogens is 294 g/mol. The zero-order valence-electron chi connectivity index (χ0n) is 12.3. The lowest BCUT2D eigenvalue weighted by atomic mass is 10.2. The van der Waals surface area contributed by atoms with Crippen LogP contribution < -0.4 is 10.0 Å². The van der Waals surface area contributed by atoms with Gasteiger partial charge in [0, 0.05) is 24.0 Å². The van der Waals surface area contributed by atoms with Crippen LogP contribution in [0, 0.1) is 6.92 Å². The summed E-state index contributed by atoms with van der Waals surface area (Å²) in [5, 5.41) is 3.06. The minimum atomic E-state index is -3.38. The van der Waals surface area contributed by atoms with Gasteiger partial charge in [0.2, 0.25) is 10.0 Å². The lowest BCUT2D eigenvalue weighted by Gasteiger charge is -2.19. The van der Waals surface area contributed by atoms with Gasteiger partial charge in [-0.2, -0.15) is 0 Å². The van der Waals surface area contributed by atoms with Crippen molar-refractivity contribution in [1.29, 1.82) is 0 Å². The first-order valence-electron chi connectivity index (χ1n) is 6.88. The Hall–Kier alpha value is -0.470. The van der Waals surface area contributed by atoms with E-state index in [0.29, 0.717) is 23.3 Å². The number of nitrogens with zero attached hydrogens (tertiary/aromatic N) is 1. The van der Waals surface area contributed by atoms with E-state index in [-0.39, 0.29) is 0 Å². The average Bonchev–Trinajstić information content (AvgIpc) is 2.95. The van der Waals surface area contributed by atoms with Crippen LogP contribution in [0.15, 0.2) is 10.3 Å². The summed E-state index contributed by atoms with van der Waals surface area (Å²) >= 11 is 1.35. The van der Waals surface area contributed by atoms with Crippen molar-refractivity contribution in [3.05, 3.63) is 16.5 Å². The summed E-state index contributed by atoms with van der Waals surface area (Å²) in [6, 6.07) is 2.08. The highest BCUT2D eigenvalue weighted by atomic mass is 32.2. The van der Waals surface area contributed by atoms with Crippen molar-refractivity contribution < 1.29 is 8.42 Å². The highest BCUT2D eigenvalue weighted by molar-refractivity contribution is 7.91. The first-order chi connectivity index (χ1) is 9.44. The second kappa shape index (κ2) is 6.53. The molecule has 20 heavy (non-hydrogen) atoms. The molecule has 1 fully saturated rings. The Balaban J connectivity index is 2.04. The van der Waals surface area contributed by atoms with Crippen molar-refractivity contribution in [2.24, 2.45) is 0 Å². The quantitative estimate of drug-likeness (QED) is 0.826. The predicted molar refractivity (Wildman–Crippen MR) is 82.7 cm³/mol. The normalized spacial score (nSPS) is 20.6. The van der Waals surface area contributed by atoms with Crippen LogP contribution in [-0.4, -0.2) is 46.5 Å². The number of rotatable bonds is 6. The average molecular weight is 317 g/mol. The zero-order chi connectivity index (χ0) is 14.8. The molecule has 0 spiro atoms. The van der Waals surface area contributed by atoms with Gasteiger partial charge in [-0.15, -0.1) is 11.3 Å². The van der Waals surface area contributed by atoms with Crippen LogP contribution >= 0.6 is 11.3 Å². The van der Waals surface area contributed by atoms with Gasteiger partial charge < -0.3 is 10.2 Å². The number of likely N-dealkylation sites (tertiary alicyclic amines) is 1. The molecule has 114 valence electrons. The lowest BCUT2D eigenvalue weighted by Crippen LogP contribution is -2.37. The fourth-order valence-electron chi connectivity index (χ4n) is 2.47. The van der Waals surface area contributed by atoms with E-state index in [1.165, 1.54) is 11.3 Å². The Morgan fingerprint density at radius 2 is 2.25 bits per heavy atom. The summed E-state index contributed by atoms with van der Waals surface area (Å²) < 4.78 is 27.8. The first kappa shape index (κ1) is 15.9. The molecule has 5 nitrogen and oxygen atoms in total. The highest BCUT2D eigenvalue weighted by Gasteiger charge is 2.24. The number of thiophene rings is 1. The van der Waals surface area contributed by atoms with Gasteiger partial charge in [0.1, 0.15) is 4.21 Å². The fraction of sp³-hybridized carbons (Fsp3) is 0.692. The summed E-state index contributed by atoms with van der Waals surface area (Å²) in [6.07, 6.45) is 2.21. The molecule has 2 heterocycles. The van der Waals surface area contributed by atoms with Gasteiger partial charge in [0.25, 0.3) is 0 Å². The molecule has 0 amide bonds. The molecule has 1 saturated heterocycles. The third-order valence-electron chi connectivity index (χ3n) is 3.78. The minimum Gasteiger partial charge on any atom is -0.315 e. The van der Waals surface area contributed by atoms with E-state index in [1.807, 2.05) is 21.0 Å². The molecule has 1 atom stereocenters. The molecular formula is C13H23N3O2S2. The Labute approximate surface area is 125 Å². The number of aryl methyl sites for hydroxylation is 1. The van der Waals surface area contributed by atoms with Crippen LogP contribution in [0.1, 0.15) is 23.3 Å². The lowest BCUT2D eigenvalue weighted by molar-refractivity contribution is 0.311. The maximum Gasteiger partial charge on any atom is 0.250 e. The standard InChI is InChI=1S/C13H23N3O2S2/c1-10-7-13(19-12(10)9-14-2)20(17,18)15-8-11-5-4-6-16(11)3/h7,11,14-15H,4-6,8-9H2,1-3H3. The summed E-state index contributed by atoms with van der Waals surface area (Å²) in [7, 11) is 0.533. The van der Waals surface area contributed by atoms with Crippen molar-refractivity contribution in [2.45, 2.75) is 36.6 Å². The Bertz CT molecular complexity index is 554. The van der Waals surface area contributed by atoms with Gasteiger partial charge in [-0.25, -0.2) is 13.1 Å². The number of hydrogen-bond acceptors (Lipinski definition) is 5. The van der Waals surface area contributed by atoms with E-state index in [4.69, 9.17) is 0 Å². The molecule has 1 aromatic heterocycles. The molecule has 2 N–H and O–H groups in total. The van der Waals surface area contributed by atoms with Gasteiger partial charge in [0.05, 0.1) is 0 Å². The Kier molecular flexibility index (Phi) is 5.19. The maximum absolute atomic E-state index is 12.3. The summed E-state index contributed by atoms with van der Waals surface area (Å²) in [6.45, 7) is 4.21. The topological polar surface area (TPSA) is 61.4 Å². The summed E-state index contributed by atoms with van der Waals surface area (Å²) in [5.41, 5.74) is 1.03. The molecule has 0 aliphatic carbocycles. The van der Waals surface area contributed by atoms with Crippen molar-refractivity contribution in [1.82, 2.24) is 14.9 Å². The third kappa shape index (κ3) is 3.59. The predicted octanol–water partition coefficient (Wildman–Crippen LogP) is 1.15. The molecule has 1 aliphatic rings. The maximum atomic E-state index is 12.3. The van der Waals surface area contributed by atoms with E-state index in [2.05, 4.69) is 14.9 Å². The second-order valence-corrected chi connectivity index (χ2v) is 8.46. The van der Waals surface area contributed by atoms with Crippen LogP contribution in [-0.2, 0) is 16.6 Å². The van der Waals surface area contributed by atoms with E-state index in [1.54, 1.807) is 6.07 Å². The summed E-state index contributed by atoms with van der Waals surface area (Å²) in [4.78, 5) is 3.29. The summed E-state index contributed by atoms with van der Waals surface area (Å²) in [5.74, 6) is 0. The number of hydrogen-bond donors (Lipinski definition) is 2. The first-order valence-corrected chi connectivity index (χ1v) is 9.18. The highest BCUT2D eigenvalue weighted by Crippen LogP contribution is 2.26. The molecule has 0 aromatic carbocycles. The van der Waals surface area contributed by atoms with Crippen LogP contribution in [0.5, 0.6) is 0 Å². The van der Waals surface area contributed by atoms with Gasteiger partial charge in [0.15, 0.2) is 0 Å². The smallest absolute Gasteiger partial charge is 0.250 e. The zero-order valence-corrected chi connectivity index (χ0v) is 13.9. The van der Waals surface area contributed by atoms with Crippen molar-refractivity contribution in [3.63, 3.8) is 0 Å². The van der Waals surface area contributed by atoms with Gasteiger partial charge in [-0.1, -0.05) is 0 Å². The Morgan fingerprint density at radius 3 is 2.85 bits per heavy atom. The van der Waals surface area contributed by atoms with Crippen LogP contribution in [0.25, 0.3) is 0 Å². The van der Waals surface area contributed by atoms with E-state index in [9.17, 15) is 8.42 Å². The third-order valence-corrected chi connectivity index (χ3v) is 6.91. The van der Waals surface area contributed by atoms with Crippen LogP contribution in [0.4, 0.5) is 0 Å². The largest absolute Gasteiger partial charge is 0.315 e. The van der Waals surface area contributed by atoms with E-state index in [0.717, 1.165) is 29.8 Å². The van der Waals surface area contributed by atoms with Crippen molar-refractivity contribution >= 4 is 21.4 Å². The molecule has 7 heteroatoms. The molecule has 0 radical (unpaired) electrons. The van der Waals surface area contributed by atoms with Crippen molar-refractivity contribution in [2.75, 3.05) is 27.2 Å². The minimum absolute atomic E-state index is 0.322. The number of nitrogens with one attached hydrogen (secondary N) is 2. The number of sulfonamides is 1. The Morgan fingerprint density at radius 1 is 1.50 bits per heavy atom. The molecule has 0 saturated carbocycles. The molecule has 1 aromatic rings. The molecule has 1 aliphatic heterocycles. The van der Waals surface area contributed by atoms with Gasteiger partial charge in [-0.3, -0.25) is 0 Å². The van der Waals surface area contributed by atoms with Gasteiger partial charge >= 0.3 is 0 Å². The fourth-order valence-corrected chi connectivity index (χ4v) is 5.19. The van der Waals surface area contributed by atoms with Gasteiger partial charge in [-0.05, 0) is 52.0 Å². The van der Waals surface area contributed by atoms with E-state index >= 15 is 0 Å². The van der Waals surface area contributed by atoms with Crippen LogP contribution in [0.2, 0.25) is 0 Å². The molecule has 1 unspecified atom stereocenters. The molecule has 2 rings (SSSR count). The van der Waals surface area contributed by atoms with Crippen LogP contribution in [0.3, 0.4) is 0 Å².